The molecule has 1 N–H and O–H groups in total. The number of nitro benzene ring substituents is 1. The van der Waals surface area contributed by atoms with Crippen molar-refractivity contribution in [3.05, 3.63) is 33.9 Å². The van der Waals surface area contributed by atoms with Crippen molar-refractivity contribution in [2.75, 3.05) is 19.6 Å². The van der Waals surface area contributed by atoms with Crippen LogP contribution in [0.15, 0.2) is 23.1 Å². The van der Waals surface area contributed by atoms with E-state index in [9.17, 15) is 31.7 Å². The molecule has 0 saturated carbocycles. The van der Waals surface area contributed by atoms with Crippen LogP contribution in [0.25, 0.3) is 0 Å². The number of halogens is 3. The fourth-order valence-corrected chi connectivity index (χ4v) is 4.75. The molecule has 1 unspecified atom stereocenters. The van der Waals surface area contributed by atoms with Crippen molar-refractivity contribution in [3.63, 3.8) is 0 Å². The molecule has 1 aromatic carbocycles. The van der Waals surface area contributed by atoms with Gasteiger partial charge in [0.25, 0.3) is 5.69 Å². The molecular formula is C14H18F3N3O4S. The van der Waals surface area contributed by atoms with Crippen molar-refractivity contribution in [2.24, 2.45) is 0 Å². The molecule has 1 atom stereocenters. The Morgan fingerprint density at radius 3 is 2.56 bits per heavy atom. The fraction of sp³-hybridized carbons (Fsp3) is 0.571. The first-order chi connectivity index (χ1) is 11.6. The molecule has 140 valence electrons. The third kappa shape index (κ3) is 4.10. The van der Waals surface area contributed by atoms with Gasteiger partial charge in [0.1, 0.15) is 0 Å². The van der Waals surface area contributed by atoms with Crippen LogP contribution in [0, 0.1) is 10.1 Å². The van der Waals surface area contributed by atoms with E-state index in [0.717, 1.165) is 10.4 Å². The van der Waals surface area contributed by atoms with E-state index in [1.165, 1.54) is 0 Å². The summed E-state index contributed by atoms with van der Waals surface area (Å²) in [5, 5.41) is 13.7. The van der Waals surface area contributed by atoms with Crippen molar-refractivity contribution < 1.29 is 26.5 Å². The summed E-state index contributed by atoms with van der Waals surface area (Å²) in [7, 11) is -4.45. The molecule has 0 amide bonds. The number of nitrogens with zero attached hydrogens (tertiary/aromatic N) is 2. The number of alkyl halides is 3. The lowest BCUT2D eigenvalue weighted by Gasteiger charge is -2.28. The van der Waals surface area contributed by atoms with Crippen LogP contribution in [0.2, 0.25) is 0 Å². The van der Waals surface area contributed by atoms with E-state index in [1.54, 1.807) is 6.92 Å². The molecule has 1 aliphatic rings. The van der Waals surface area contributed by atoms with Gasteiger partial charge in [0.2, 0.25) is 10.0 Å². The molecule has 1 aliphatic heterocycles. The number of hydrogen-bond donors (Lipinski definition) is 1. The van der Waals surface area contributed by atoms with Gasteiger partial charge >= 0.3 is 6.18 Å². The van der Waals surface area contributed by atoms with Crippen LogP contribution in [0.5, 0.6) is 0 Å². The molecule has 0 radical (unpaired) electrons. The zero-order valence-electron chi connectivity index (χ0n) is 13.4. The lowest BCUT2D eigenvalue weighted by atomic mass is 10.2. The topological polar surface area (TPSA) is 92.6 Å². The molecule has 1 heterocycles. The van der Waals surface area contributed by atoms with Gasteiger partial charge in [-0.3, -0.25) is 10.1 Å². The van der Waals surface area contributed by atoms with Crippen molar-refractivity contribution >= 4 is 15.7 Å². The van der Waals surface area contributed by atoms with E-state index >= 15 is 0 Å². The molecule has 0 spiro atoms. The highest BCUT2D eigenvalue weighted by molar-refractivity contribution is 7.89. The number of sulfonamides is 1. The molecule has 2 rings (SSSR count). The van der Waals surface area contributed by atoms with Gasteiger partial charge in [0.05, 0.1) is 15.4 Å². The maximum atomic E-state index is 13.3. The number of rotatable bonds is 6. The highest BCUT2D eigenvalue weighted by Crippen LogP contribution is 2.38. The third-order valence-corrected chi connectivity index (χ3v) is 5.96. The molecule has 25 heavy (non-hydrogen) atoms. The van der Waals surface area contributed by atoms with Crippen molar-refractivity contribution in [2.45, 2.75) is 36.9 Å². The average molecular weight is 381 g/mol. The van der Waals surface area contributed by atoms with Gasteiger partial charge in [-0.15, -0.1) is 0 Å². The normalized spacial score (nSPS) is 18.7. The molecule has 11 heteroatoms. The van der Waals surface area contributed by atoms with Crippen LogP contribution in [0.1, 0.15) is 25.3 Å². The Labute approximate surface area is 143 Å². The highest BCUT2D eigenvalue weighted by Gasteiger charge is 2.42. The smallest absolute Gasteiger partial charge is 0.315 e. The lowest BCUT2D eigenvalue weighted by molar-refractivity contribution is -0.385. The molecule has 1 aromatic rings. The zero-order valence-corrected chi connectivity index (χ0v) is 14.2. The minimum Gasteiger partial charge on any atom is -0.315 e. The molecular weight excluding hydrogens is 363 g/mol. The monoisotopic (exact) mass is 381 g/mol. The van der Waals surface area contributed by atoms with Gasteiger partial charge in [-0.1, -0.05) is 6.92 Å². The van der Waals surface area contributed by atoms with Crippen LogP contribution in [-0.4, -0.2) is 43.3 Å². The van der Waals surface area contributed by atoms with Crippen LogP contribution >= 0.6 is 0 Å². The fourth-order valence-electron chi connectivity index (χ4n) is 2.81. The van der Waals surface area contributed by atoms with E-state index in [1.807, 2.05) is 0 Å². The number of nitro groups is 1. The van der Waals surface area contributed by atoms with Crippen molar-refractivity contribution in [1.82, 2.24) is 9.62 Å². The number of hydrogen-bond acceptors (Lipinski definition) is 5. The van der Waals surface area contributed by atoms with E-state index in [-0.39, 0.29) is 12.6 Å². The second-order valence-electron chi connectivity index (χ2n) is 5.70. The molecule has 0 aliphatic carbocycles. The molecule has 1 saturated heterocycles. The first kappa shape index (κ1) is 19.6. The SMILES string of the molecule is CCCN(C1CCNC1)S(=O)(=O)c1ccc([N+](=O)[O-])cc1C(F)(F)F. The van der Waals surface area contributed by atoms with Crippen LogP contribution < -0.4 is 5.32 Å². The van der Waals surface area contributed by atoms with E-state index in [2.05, 4.69) is 5.32 Å². The van der Waals surface area contributed by atoms with Gasteiger partial charge in [0, 0.05) is 31.3 Å². The summed E-state index contributed by atoms with van der Waals surface area (Å²) in [4.78, 5) is 8.81. The number of benzene rings is 1. The second-order valence-corrected chi connectivity index (χ2v) is 7.56. The van der Waals surface area contributed by atoms with Crippen molar-refractivity contribution in [1.29, 1.82) is 0 Å². The highest BCUT2D eigenvalue weighted by atomic mass is 32.2. The molecule has 1 fully saturated rings. The Morgan fingerprint density at radius 1 is 1.40 bits per heavy atom. The Kier molecular flexibility index (Phi) is 5.69. The summed E-state index contributed by atoms with van der Waals surface area (Å²) in [6.45, 7) is 2.73. The van der Waals surface area contributed by atoms with Gasteiger partial charge in [-0.25, -0.2) is 8.42 Å². The first-order valence-electron chi connectivity index (χ1n) is 7.67. The van der Waals surface area contributed by atoms with Crippen LogP contribution in [0.4, 0.5) is 18.9 Å². The number of nitrogens with one attached hydrogen (secondary N) is 1. The second kappa shape index (κ2) is 7.26. The standard InChI is InChI=1S/C14H18F3N3O4S/c1-2-7-19(11-5-6-18-9-11)25(23,24)13-4-3-10(20(21)22)8-12(13)14(15,16)17/h3-4,8,11,18H,2,5-7,9H2,1H3. The number of non-ortho nitro benzene ring substituents is 1. The zero-order chi connectivity index (χ0) is 18.8. The Morgan fingerprint density at radius 2 is 2.08 bits per heavy atom. The summed E-state index contributed by atoms with van der Waals surface area (Å²) in [6.07, 6.45) is -4.10. The first-order valence-corrected chi connectivity index (χ1v) is 9.11. The summed E-state index contributed by atoms with van der Waals surface area (Å²) >= 11 is 0. The van der Waals surface area contributed by atoms with Gasteiger partial charge in [-0.2, -0.15) is 17.5 Å². The van der Waals surface area contributed by atoms with Crippen LogP contribution in [-0.2, 0) is 16.2 Å². The van der Waals surface area contributed by atoms with E-state index in [0.29, 0.717) is 32.0 Å². The van der Waals surface area contributed by atoms with E-state index < -0.39 is 43.3 Å². The lowest BCUT2D eigenvalue weighted by Crippen LogP contribution is -2.42. The molecule has 7 nitrogen and oxygen atoms in total. The predicted octanol–water partition coefficient (Wildman–Crippen LogP) is 2.38. The third-order valence-electron chi connectivity index (χ3n) is 3.95. The Hall–Kier alpha value is -1.72. The average Bonchev–Trinajstić information content (AvgIpc) is 3.04. The minimum absolute atomic E-state index is 0.0724. The van der Waals surface area contributed by atoms with E-state index in [4.69, 9.17) is 0 Å². The maximum absolute atomic E-state index is 13.3. The molecule has 0 bridgehead atoms. The van der Waals surface area contributed by atoms with Gasteiger partial charge in [0.15, 0.2) is 0 Å². The van der Waals surface area contributed by atoms with Gasteiger partial charge < -0.3 is 5.32 Å². The quantitative estimate of drug-likeness (QED) is 0.603. The van der Waals surface area contributed by atoms with Gasteiger partial charge in [-0.05, 0) is 25.5 Å². The van der Waals surface area contributed by atoms with Crippen molar-refractivity contribution in [3.8, 4) is 0 Å². The molecule has 0 aromatic heterocycles. The van der Waals surface area contributed by atoms with Crippen LogP contribution in [0.3, 0.4) is 0 Å². The predicted molar refractivity (Wildman–Crippen MR) is 83.6 cm³/mol. The summed E-state index contributed by atoms with van der Waals surface area (Å²) in [6, 6.07) is 1.27. The summed E-state index contributed by atoms with van der Waals surface area (Å²) in [5.74, 6) is 0. The summed E-state index contributed by atoms with van der Waals surface area (Å²) in [5.41, 5.74) is -2.33. The maximum Gasteiger partial charge on any atom is 0.417 e. The minimum atomic E-state index is -5.03. The largest absolute Gasteiger partial charge is 0.417 e. The Balaban J connectivity index is 2.58. The Bertz CT molecular complexity index is 746. The summed E-state index contributed by atoms with van der Waals surface area (Å²) < 4.78 is 66.8.